The fourth-order valence-electron chi connectivity index (χ4n) is 5.51. The molecule has 0 saturated carbocycles. The second kappa shape index (κ2) is 11.2. The molecule has 0 aliphatic carbocycles. The number of benzene rings is 2. The molecule has 9 heteroatoms. The Balaban J connectivity index is 1.39. The van der Waals surface area contributed by atoms with Crippen LogP contribution in [0.2, 0.25) is 0 Å². The summed E-state index contributed by atoms with van der Waals surface area (Å²) in [4.78, 5) is 30.4. The highest BCUT2D eigenvalue weighted by Crippen LogP contribution is 2.33. The van der Waals surface area contributed by atoms with Crippen molar-refractivity contribution < 1.29 is 4.79 Å². The Morgan fingerprint density at radius 3 is 2.49 bits per heavy atom. The van der Waals surface area contributed by atoms with E-state index in [4.69, 9.17) is 27.3 Å². The van der Waals surface area contributed by atoms with Crippen molar-refractivity contribution >= 4 is 40.2 Å². The Bertz CT molecular complexity index is 1710. The van der Waals surface area contributed by atoms with E-state index in [1.165, 1.54) is 0 Å². The summed E-state index contributed by atoms with van der Waals surface area (Å²) in [6, 6.07) is 24.7. The highest BCUT2D eigenvalue weighted by molar-refractivity contribution is 6.17. The Labute approximate surface area is 244 Å². The molecule has 0 atom stereocenters. The Morgan fingerprint density at radius 2 is 1.78 bits per heavy atom. The largest absolute Gasteiger partial charge is 0.383 e. The van der Waals surface area contributed by atoms with E-state index in [2.05, 4.69) is 34.1 Å². The highest BCUT2D eigenvalue weighted by atomic mass is 35.5. The molecule has 2 N–H and O–H groups in total. The Morgan fingerprint density at radius 1 is 1.00 bits per heavy atom. The van der Waals surface area contributed by atoms with Gasteiger partial charge in [0.05, 0.1) is 11.3 Å². The van der Waals surface area contributed by atoms with Crippen LogP contribution in [0.15, 0.2) is 79.0 Å². The normalized spacial score (nSPS) is 14.0. The SMILES string of the molecule is CC(=O)N(C)C1CCN(c2cccc(-c3ccc4nc(-c5cccnc5N)n(-c5ccc(CCl)cc5)c4n3)c2)CC1. The highest BCUT2D eigenvalue weighted by Gasteiger charge is 2.24. The first-order chi connectivity index (χ1) is 19.9. The number of rotatable bonds is 6. The second-order valence-electron chi connectivity index (χ2n) is 10.4. The minimum absolute atomic E-state index is 0.121. The second-order valence-corrected chi connectivity index (χ2v) is 10.7. The standard InChI is InChI=1S/C32H32ClN7O/c1-21(41)38(2)24-14-17-39(18-15-24)26-6-3-5-23(19-26)28-12-13-29-32(36-28)40(25-10-8-22(20-33)9-11-25)31(37-29)27-7-4-16-35-30(27)34/h3-13,16,19,24H,14-15,17-18,20H2,1-2H3,(H2,34,35). The van der Waals surface area contributed by atoms with Crippen LogP contribution in [0.5, 0.6) is 0 Å². The number of pyridine rings is 2. The zero-order chi connectivity index (χ0) is 28.5. The van der Waals surface area contributed by atoms with Crippen LogP contribution in [-0.2, 0) is 10.7 Å². The number of nitrogen functional groups attached to an aromatic ring is 1. The molecule has 1 fully saturated rings. The van der Waals surface area contributed by atoms with Crippen LogP contribution in [0.4, 0.5) is 11.5 Å². The van der Waals surface area contributed by atoms with Gasteiger partial charge in [0, 0.05) is 62.1 Å². The lowest BCUT2D eigenvalue weighted by Gasteiger charge is -2.37. The van der Waals surface area contributed by atoms with Gasteiger partial charge in [-0.15, -0.1) is 11.6 Å². The minimum atomic E-state index is 0.121. The summed E-state index contributed by atoms with van der Waals surface area (Å²) in [5.41, 5.74) is 13.5. The molecule has 8 nitrogen and oxygen atoms in total. The van der Waals surface area contributed by atoms with Crippen molar-refractivity contribution in [1.29, 1.82) is 0 Å². The van der Waals surface area contributed by atoms with E-state index in [1.54, 1.807) is 13.1 Å². The first-order valence-electron chi connectivity index (χ1n) is 13.8. The molecule has 1 amide bonds. The van der Waals surface area contributed by atoms with Gasteiger partial charge in [-0.3, -0.25) is 9.36 Å². The van der Waals surface area contributed by atoms with Crippen LogP contribution >= 0.6 is 11.6 Å². The first kappa shape index (κ1) is 26.8. The van der Waals surface area contributed by atoms with E-state index in [1.807, 2.05) is 65.0 Å². The number of hydrogen-bond acceptors (Lipinski definition) is 6. The van der Waals surface area contributed by atoms with Gasteiger partial charge in [-0.2, -0.15) is 0 Å². The van der Waals surface area contributed by atoms with E-state index in [0.717, 1.165) is 70.9 Å². The van der Waals surface area contributed by atoms with Crippen LogP contribution in [-0.4, -0.2) is 56.5 Å². The number of hydrogen-bond donors (Lipinski definition) is 1. The van der Waals surface area contributed by atoms with Crippen molar-refractivity contribution in [3.63, 3.8) is 0 Å². The number of fused-ring (bicyclic) bond motifs is 1. The fourth-order valence-corrected chi connectivity index (χ4v) is 5.69. The summed E-state index contributed by atoms with van der Waals surface area (Å²) in [6.45, 7) is 3.44. The molecule has 1 aliphatic heterocycles. The molecular weight excluding hydrogens is 534 g/mol. The molecule has 0 spiro atoms. The third kappa shape index (κ3) is 5.23. The molecule has 0 radical (unpaired) electrons. The number of halogens is 1. The molecule has 6 rings (SSSR count). The molecule has 1 saturated heterocycles. The lowest BCUT2D eigenvalue weighted by atomic mass is 10.0. The number of anilines is 2. The van der Waals surface area contributed by atoms with Crippen LogP contribution in [0.1, 0.15) is 25.3 Å². The van der Waals surface area contributed by atoms with E-state index in [0.29, 0.717) is 17.5 Å². The topological polar surface area (TPSA) is 93.2 Å². The number of nitrogens with two attached hydrogens (primary N) is 1. The molecule has 4 heterocycles. The minimum Gasteiger partial charge on any atom is -0.383 e. The number of alkyl halides is 1. The molecule has 3 aromatic heterocycles. The predicted molar refractivity (Wildman–Crippen MR) is 165 cm³/mol. The molecule has 2 aromatic carbocycles. The number of amides is 1. The summed E-state index contributed by atoms with van der Waals surface area (Å²) in [7, 11) is 1.90. The number of carbonyl (C=O) groups excluding carboxylic acids is 1. The predicted octanol–water partition coefficient (Wildman–Crippen LogP) is 5.92. The van der Waals surface area contributed by atoms with Crippen molar-refractivity contribution in [2.24, 2.45) is 0 Å². The number of nitrogens with zero attached hydrogens (tertiary/aromatic N) is 6. The average molecular weight is 566 g/mol. The third-order valence-electron chi connectivity index (χ3n) is 7.95. The van der Waals surface area contributed by atoms with Crippen molar-refractivity contribution in [3.8, 4) is 28.3 Å². The zero-order valence-corrected chi connectivity index (χ0v) is 23.9. The Kier molecular flexibility index (Phi) is 7.32. The zero-order valence-electron chi connectivity index (χ0n) is 23.2. The monoisotopic (exact) mass is 565 g/mol. The smallest absolute Gasteiger partial charge is 0.219 e. The van der Waals surface area contributed by atoms with E-state index in [-0.39, 0.29) is 11.9 Å². The summed E-state index contributed by atoms with van der Waals surface area (Å²) >= 11 is 6.06. The van der Waals surface area contributed by atoms with Gasteiger partial charge in [-0.05, 0) is 66.9 Å². The van der Waals surface area contributed by atoms with E-state index in [9.17, 15) is 4.79 Å². The lowest BCUT2D eigenvalue weighted by molar-refractivity contribution is -0.129. The Hall–Kier alpha value is -4.43. The molecule has 5 aromatic rings. The van der Waals surface area contributed by atoms with Crippen LogP contribution in [0.3, 0.4) is 0 Å². The van der Waals surface area contributed by atoms with E-state index < -0.39 is 0 Å². The average Bonchev–Trinajstić information content (AvgIpc) is 3.39. The summed E-state index contributed by atoms with van der Waals surface area (Å²) in [5.74, 6) is 1.65. The summed E-state index contributed by atoms with van der Waals surface area (Å²) in [6.07, 6.45) is 3.58. The third-order valence-corrected chi connectivity index (χ3v) is 8.26. The number of piperidine rings is 1. The number of imidazole rings is 1. The van der Waals surface area contributed by atoms with Gasteiger partial charge in [0.15, 0.2) is 11.5 Å². The quantitative estimate of drug-likeness (QED) is 0.257. The maximum Gasteiger partial charge on any atom is 0.219 e. The van der Waals surface area contributed by atoms with Gasteiger partial charge in [-0.25, -0.2) is 15.0 Å². The molecular formula is C32H32ClN7O. The van der Waals surface area contributed by atoms with Crippen molar-refractivity contribution in [2.45, 2.75) is 31.7 Å². The molecule has 1 aliphatic rings. The molecule has 0 bridgehead atoms. The number of carbonyl (C=O) groups is 1. The maximum absolute atomic E-state index is 11.8. The lowest BCUT2D eigenvalue weighted by Crippen LogP contribution is -2.45. The van der Waals surface area contributed by atoms with Gasteiger partial charge >= 0.3 is 0 Å². The van der Waals surface area contributed by atoms with Gasteiger partial charge in [0.2, 0.25) is 5.91 Å². The maximum atomic E-state index is 11.8. The number of aromatic nitrogens is 4. The molecule has 0 unspecified atom stereocenters. The van der Waals surface area contributed by atoms with Crippen molar-refractivity contribution in [1.82, 2.24) is 24.4 Å². The summed E-state index contributed by atoms with van der Waals surface area (Å²) in [5, 5.41) is 0. The first-order valence-corrected chi connectivity index (χ1v) is 14.3. The van der Waals surface area contributed by atoms with Crippen molar-refractivity contribution in [2.75, 3.05) is 30.8 Å². The van der Waals surface area contributed by atoms with Gasteiger partial charge in [-0.1, -0.05) is 24.3 Å². The van der Waals surface area contributed by atoms with Crippen molar-refractivity contribution in [3.05, 3.63) is 84.6 Å². The summed E-state index contributed by atoms with van der Waals surface area (Å²) < 4.78 is 2.03. The van der Waals surface area contributed by atoms with E-state index >= 15 is 0 Å². The molecule has 41 heavy (non-hydrogen) atoms. The van der Waals surface area contributed by atoms with Crippen LogP contribution in [0, 0.1) is 0 Å². The van der Waals surface area contributed by atoms with Gasteiger partial charge in [0.1, 0.15) is 11.3 Å². The van der Waals surface area contributed by atoms with Crippen LogP contribution < -0.4 is 10.6 Å². The van der Waals surface area contributed by atoms with Gasteiger partial charge in [0.25, 0.3) is 0 Å². The van der Waals surface area contributed by atoms with Gasteiger partial charge < -0.3 is 15.5 Å². The van der Waals surface area contributed by atoms with Crippen LogP contribution in [0.25, 0.3) is 39.5 Å². The molecule has 208 valence electrons. The fraction of sp³-hybridized carbons (Fsp3) is 0.250.